The molecule has 0 radical (unpaired) electrons. The number of hydrogen-bond donors (Lipinski definition) is 3. The molecule has 5 N–H and O–H groups in total. The van der Waals surface area contributed by atoms with E-state index in [0.717, 1.165) is 10.4 Å². The van der Waals surface area contributed by atoms with Gasteiger partial charge in [0.25, 0.3) is 6.43 Å². The Morgan fingerprint density at radius 1 is 1.19 bits per heavy atom. The Kier molecular flexibility index (Phi) is 7.49. The maximum absolute atomic E-state index is 12.9. The van der Waals surface area contributed by atoms with Crippen molar-refractivity contribution in [2.75, 3.05) is 18.6 Å². The molecule has 200 valence electrons. The van der Waals surface area contributed by atoms with Gasteiger partial charge in [-0.15, -0.1) is 5.10 Å². The molecule has 5 rings (SSSR count). The van der Waals surface area contributed by atoms with Crippen molar-refractivity contribution < 1.29 is 18.6 Å². The van der Waals surface area contributed by atoms with Gasteiger partial charge in [-0.2, -0.15) is 9.50 Å². The highest BCUT2D eigenvalue weighted by atomic mass is 19.3. The highest BCUT2D eigenvalue weighted by Gasteiger charge is 2.31. The van der Waals surface area contributed by atoms with Gasteiger partial charge in [0.2, 0.25) is 11.8 Å². The fraction of sp³-hybridized carbons (Fsp3) is 0.520. The van der Waals surface area contributed by atoms with Crippen LogP contribution >= 0.6 is 0 Å². The van der Waals surface area contributed by atoms with Crippen LogP contribution in [-0.4, -0.2) is 53.4 Å². The van der Waals surface area contributed by atoms with Crippen molar-refractivity contribution in [1.29, 1.82) is 0 Å². The maximum atomic E-state index is 12.9. The summed E-state index contributed by atoms with van der Waals surface area (Å²) in [6.07, 6.45) is 3.87. The summed E-state index contributed by atoms with van der Waals surface area (Å²) >= 11 is 0. The van der Waals surface area contributed by atoms with E-state index in [9.17, 15) is 13.9 Å². The monoisotopic (exact) mass is 516 g/mol. The number of nitrogens with zero attached hydrogens (tertiary/aromatic N) is 6. The lowest BCUT2D eigenvalue weighted by molar-refractivity contribution is -0.0500. The number of anilines is 2. The molecule has 12 heteroatoms. The highest BCUT2D eigenvalue weighted by Crippen LogP contribution is 2.36. The van der Waals surface area contributed by atoms with Crippen LogP contribution in [0.25, 0.3) is 27.9 Å². The number of rotatable bonds is 5. The van der Waals surface area contributed by atoms with E-state index in [4.69, 9.17) is 16.2 Å². The zero-order chi connectivity index (χ0) is 26.9. The largest absolute Gasteiger partial charge is 0.493 e. The third-order valence-electron chi connectivity index (χ3n) is 7.28. The second-order valence-corrected chi connectivity index (χ2v) is 9.66. The molecule has 4 aromatic rings. The molecule has 0 unspecified atom stereocenters. The molecule has 0 bridgehead atoms. The summed E-state index contributed by atoms with van der Waals surface area (Å²) in [5, 5.41) is 14.0. The van der Waals surface area contributed by atoms with Crippen molar-refractivity contribution in [2.24, 2.45) is 5.92 Å². The summed E-state index contributed by atoms with van der Waals surface area (Å²) in [4.78, 5) is 12.6. The molecule has 0 amide bonds. The molecular formula is C25H34F2N8O2. The molecule has 1 fully saturated rings. The third kappa shape index (κ3) is 5.29. The van der Waals surface area contributed by atoms with Crippen LogP contribution in [0.1, 0.15) is 51.8 Å². The number of methoxy groups -OCH3 is 1. The van der Waals surface area contributed by atoms with Crippen LogP contribution in [-0.2, 0) is 11.3 Å². The van der Waals surface area contributed by atoms with Gasteiger partial charge >= 0.3 is 0 Å². The summed E-state index contributed by atoms with van der Waals surface area (Å²) < 4.78 is 33.8. The normalized spacial score (nSPS) is 19.9. The van der Waals surface area contributed by atoms with E-state index in [0.29, 0.717) is 33.8 Å². The zero-order valence-corrected chi connectivity index (χ0v) is 21.6. The second-order valence-electron chi connectivity index (χ2n) is 9.66. The number of alkyl halides is 2. The van der Waals surface area contributed by atoms with Crippen LogP contribution < -0.4 is 11.5 Å². The van der Waals surface area contributed by atoms with Crippen molar-refractivity contribution in [1.82, 2.24) is 29.1 Å². The first-order valence-corrected chi connectivity index (χ1v) is 12.4. The number of nitrogens with two attached hydrogens (primary N) is 2. The first kappa shape index (κ1) is 26.5. The quantitative estimate of drug-likeness (QED) is 0.350. The van der Waals surface area contributed by atoms with E-state index in [1.165, 1.54) is 42.7 Å². The van der Waals surface area contributed by atoms with Gasteiger partial charge in [0.05, 0.1) is 17.8 Å². The lowest BCUT2D eigenvalue weighted by Gasteiger charge is -2.37. The van der Waals surface area contributed by atoms with E-state index in [2.05, 4.69) is 33.9 Å². The molecule has 0 saturated heterocycles. The van der Waals surface area contributed by atoms with Crippen molar-refractivity contribution in [3.8, 4) is 17.1 Å². The summed E-state index contributed by atoms with van der Waals surface area (Å²) in [6, 6.07) is 4.74. The van der Waals surface area contributed by atoms with Gasteiger partial charge in [-0.3, -0.25) is 0 Å². The van der Waals surface area contributed by atoms with Crippen molar-refractivity contribution in [2.45, 2.75) is 71.4 Å². The van der Waals surface area contributed by atoms with Crippen LogP contribution in [0, 0.1) is 12.8 Å². The molecule has 4 heterocycles. The predicted octanol–water partition coefficient (Wildman–Crippen LogP) is 4.58. The molecule has 1 aliphatic rings. The van der Waals surface area contributed by atoms with E-state index >= 15 is 0 Å². The van der Waals surface area contributed by atoms with Gasteiger partial charge in [-0.05, 0) is 57.1 Å². The van der Waals surface area contributed by atoms with Crippen LogP contribution in [0.4, 0.5) is 20.5 Å². The number of imidazole rings is 1. The predicted molar refractivity (Wildman–Crippen MR) is 138 cm³/mol. The standard InChI is InChI=1S/C15H14F2N8O.C10H20O/c1-6-20-9-3-2-8(21-14(9)24(6)5-10(16)17)7-4-11(26)25-12(7)13(18)22-15(19)23-25;1-4-10(11-3)7-5-9(2)6-8-10/h2-4,10,26H,5H2,1H3,(H4,18,19,22,23);9H,4-8H2,1-3H3. The number of halogens is 2. The summed E-state index contributed by atoms with van der Waals surface area (Å²) in [5.74, 6) is 1.12. The minimum absolute atomic E-state index is 0.0620. The minimum Gasteiger partial charge on any atom is -0.493 e. The smallest absolute Gasteiger partial charge is 0.256 e. The van der Waals surface area contributed by atoms with Gasteiger partial charge in [-0.1, -0.05) is 13.8 Å². The average molecular weight is 517 g/mol. The highest BCUT2D eigenvalue weighted by molar-refractivity contribution is 5.89. The summed E-state index contributed by atoms with van der Waals surface area (Å²) in [5.41, 5.74) is 13.7. The van der Waals surface area contributed by atoms with Crippen LogP contribution in [0.2, 0.25) is 0 Å². The third-order valence-corrected chi connectivity index (χ3v) is 7.28. The molecule has 1 aliphatic carbocycles. The Balaban J connectivity index is 0.000000245. The molecule has 0 aliphatic heterocycles. The van der Waals surface area contributed by atoms with Crippen LogP contribution in [0.15, 0.2) is 18.2 Å². The Labute approximate surface area is 213 Å². The lowest BCUT2D eigenvalue weighted by Crippen LogP contribution is -2.34. The molecule has 4 aromatic heterocycles. The number of aryl methyl sites for hydroxylation is 1. The molecule has 1 saturated carbocycles. The van der Waals surface area contributed by atoms with Gasteiger partial charge in [0.15, 0.2) is 11.5 Å². The number of aromatic hydroxyl groups is 1. The number of fused-ring (bicyclic) bond motifs is 2. The van der Waals surface area contributed by atoms with E-state index in [1.807, 2.05) is 7.11 Å². The average Bonchev–Trinajstić information content (AvgIpc) is 3.36. The van der Waals surface area contributed by atoms with Crippen molar-refractivity contribution >= 4 is 28.4 Å². The topological polar surface area (TPSA) is 142 Å². The fourth-order valence-corrected chi connectivity index (χ4v) is 4.94. The second kappa shape index (κ2) is 10.4. The summed E-state index contributed by atoms with van der Waals surface area (Å²) in [6.45, 7) is 5.70. The van der Waals surface area contributed by atoms with E-state index < -0.39 is 13.0 Å². The van der Waals surface area contributed by atoms with Crippen LogP contribution in [0.3, 0.4) is 0 Å². The molecular weight excluding hydrogens is 482 g/mol. The number of aromatic nitrogens is 6. The Morgan fingerprint density at radius 3 is 2.51 bits per heavy atom. The number of hydrogen-bond acceptors (Lipinski definition) is 8. The number of nitrogen functional groups attached to an aromatic ring is 2. The zero-order valence-electron chi connectivity index (χ0n) is 21.6. The van der Waals surface area contributed by atoms with Crippen LogP contribution in [0.5, 0.6) is 5.88 Å². The number of ether oxygens (including phenoxy) is 1. The fourth-order valence-electron chi connectivity index (χ4n) is 4.94. The molecule has 0 atom stereocenters. The Hall–Kier alpha value is -3.54. The lowest BCUT2D eigenvalue weighted by atomic mass is 9.78. The van der Waals surface area contributed by atoms with Gasteiger partial charge in [0, 0.05) is 18.7 Å². The number of pyridine rings is 1. The van der Waals surface area contributed by atoms with E-state index in [-0.39, 0.29) is 23.2 Å². The Morgan fingerprint density at radius 2 is 1.89 bits per heavy atom. The van der Waals surface area contributed by atoms with Gasteiger partial charge in [0.1, 0.15) is 16.9 Å². The minimum atomic E-state index is -2.54. The first-order valence-electron chi connectivity index (χ1n) is 12.4. The molecule has 0 spiro atoms. The first-order chi connectivity index (χ1) is 17.6. The molecule has 0 aromatic carbocycles. The summed E-state index contributed by atoms with van der Waals surface area (Å²) in [7, 11) is 1.86. The van der Waals surface area contributed by atoms with Gasteiger partial charge < -0.3 is 25.9 Å². The van der Waals surface area contributed by atoms with Gasteiger partial charge in [-0.25, -0.2) is 18.7 Å². The Bertz CT molecular complexity index is 1390. The van der Waals surface area contributed by atoms with Crippen molar-refractivity contribution in [3.63, 3.8) is 0 Å². The molecule has 37 heavy (non-hydrogen) atoms. The van der Waals surface area contributed by atoms with Crippen molar-refractivity contribution in [3.05, 3.63) is 24.0 Å². The molecule has 10 nitrogen and oxygen atoms in total. The van der Waals surface area contributed by atoms with E-state index in [1.54, 1.807) is 19.1 Å². The maximum Gasteiger partial charge on any atom is 0.256 e. The SMILES string of the molecule is CCC1(OC)CCC(C)CC1.Cc1nc2ccc(-c3cc(O)n4nc(N)nc(N)c34)nc2n1CC(F)F.